The molecule has 1 saturated heterocycles. The van der Waals surface area contributed by atoms with Crippen molar-refractivity contribution >= 4 is 53.8 Å². The molecule has 5 unspecified atom stereocenters. The molecule has 28 heavy (non-hydrogen) atoms. The summed E-state index contributed by atoms with van der Waals surface area (Å²) >= 11 is 4.38. The van der Waals surface area contributed by atoms with Crippen molar-refractivity contribution in [1.29, 1.82) is 0 Å². The van der Waals surface area contributed by atoms with Crippen molar-refractivity contribution in [3.63, 3.8) is 0 Å². The molecule has 0 aliphatic carbocycles. The highest BCUT2D eigenvalue weighted by Gasteiger charge is 2.53. The second-order valence-corrected chi connectivity index (χ2v) is 8.14. The van der Waals surface area contributed by atoms with Gasteiger partial charge >= 0.3 is 12.1 Å². The number of halogens is 3. The van der Waals surface area contributed by atoms with E-state index in [1.807, 2.05) is 5.32 Å². The second kappa shape index (κ2) is 12.3. The molecule has 7 atom stereocenters. The van der Waals surface area contributed by atoms with Crippen LogP contribution in [0.4, 0.5) is 13.2 Å². The van der Waals surface area contributed by atoms with Crippen molar-refractivity contribution in [2.45, 2.75) is 55.1 Å². The molecule has 7 nitrogen and oxygen atoms in total. The van der Waals surface area contributed by atoms with Gasteiger partial charge in [-0.05, 0) is 49.3 Å². The van der Waals surface area contributed by atoms with Crippen molar-refractivity contribution < 1.29 is 40.4 Å². The number of nitrogens with one attached hydrogen (secondary N) is 1. The number of hydrogen-bond acceptors (Lipinski definition) is 10. The highest BCUT2D eigenvalue weighted by Crippen LogP contribution is 2.38. The molecule has 0 aromatic heterocycles. The molecule has 0 bridgehead atoms. The van der Waals surface area contributed by atoms with Crippen molar-refractivity contribution in [2.24, 2.45) is 0 Å². The minimum absolute atomic E-state index is 0.598. The molecule has 0 aromatic carbocycles. The van der Waals surface area contributed by atoms with Gasteiger partial charge in [0, 0.05) is 18.8 Å². The van der Waals surface area contributed by atoms with Gasteiger partial charge in [-0.3, -0.25) is 4.79 Å². The lowest BCUT2D eigenvalue weighted by molar-refractivity contribution is -0.192. The van der Waals surface area contributed by atoms with Gasteiger partial charge in [-0.2, -0.15) is 13.2 Å². The van der Waals surface area contributed by atoms with Gasteiger partial charge < -0.3 is 27.7 Å². The third-order valence-corrected chi connectivity index (χ3v) is 5.90. The molecular formula is C14H24F3NO6S4. The van der Waals surface area contributed by atoms with Crippen molar-refractivity contribution in [2.75, 3.05) is 25.0 Å². The Morgan fingerprint density at radius 2 is 1.54 bits per heavy atom. The maximum atomic E-state index is 12.8. The van der Waals surface area contributed by atoms with Crippen LogP contribution in [0.1, 0.15) is 6.92 Å². The molecule has 1 aliphatic rings. The summed E-state index contributed by atoms with van der Waals surface area (Å²) in [6.45, 7) is 1.27. The zero-order chi connectivity index (χ0) is 21.5. The molecule has 1 fully saturated rings. The molecule has 0 radical (unpaired) electrons. The molecule has 0 saturated carbocycles. The second-order valence-electron chi connectivity index (χ2n) is 5.62. The summed E-state index contributed by atoms with van der Waals surface area (Å²) in [5.74, 6) is -2.17. The van der Waals surface area contributed by atoms with Crippen LogP contribution in [-0.4, -0.2) is 84.2 Å². The number of rotatable bonds is 10. The van der Waals surface area contributed by atoms with Crippen molar-refractivity contribution in [3.05, 3.63) is 0 Å². The van der Waals surface area contributed by atoms with E-state index in [0.717, 1.165) is 36.1 Å². The number of ether oxygens (including phenoxy) is 1. The number of thioether (sulfide) groups is 1. The Morgan fingerprint density at radius 1 is 1.04 bits per heavy atom. The number of carbonyl (C=O) groups is 1. The van der Waals surface area contributed by atoms with Crippen LogP contribution in [0.2, 0.25) is 0 Å². The molecule has 1 heterocycles. The monoisotopic (exact) mass is 487 g/mol. The number of carbonyl (C=O) groups excluding carboxylic acids is 1. The lowest BCUT2D eigenvalue weighted by atomic mass is 9.92. The smallest absolute Gasteiger partial charge is 0.391 e. The standard InChI is InChI=1S/C14H24F3NO6S4/c1-6(19)7(18-13(20)14(15,16)17)8-9(22-26-3)10(23-27-4)11(24-28-5)12(21-8)25-2/h6-12,19H,1-5H3,(H,18,20)/t6-,7-,8?,9?,10?,11?,12?/m1/s1. The topological polar surface area (TPSA) is 86.3 Å². The minimum atomic E-state index is -5.10. The lowest BCUT2D eigenvalue weighted by Gasteiger charge is -2.47. The van der Waals surface area contributed by atoms with Crippen LogP contribution in [-0.2, 0) is 22.1 Å². The van der Waals surface area contributed by atoms with Gasteiger partial charge in [-0.25, -0.2) is 0 Å². The van der Waals surface area contributed by atoms with Crippen molar-refractivity contribution in [1.82, 2.24) is 5.32 Å². The number of aliphatic hydroxyl groups excluding tert-OH is 1. The Labute approximate surface area is 179 Å². The third kappa shape index (κ3) is 7.01. The zero-order valence-corrected chi connectivity index (χ0v) is 19.1. The minimum Gasteiger partial charge on any atom is -0.391 e. The van der Waals surface area contributed by atoms with E-state index < -0.39 is 54.1 Å². The van der Waals surface area contributed by atoms with Crippen LogP contribution in [0, 0.1) is 0 Å². The number of amides is 1. The summed E-state index contributed by atoms with van der Waals surface area (Å²) in [7, 11) is 0. The predicted octanol–water partition coefficient (Wildman–Crippen LogP) is 2.49. The Morgan fingerprint density at radius 3 is 1.96 bits per heavy atom. The largest absolute Gasteiger partial charge is 0.471 e. The van der Waals surface area contributed by atoms with Crippen LogP contribution >= 0.6 is 47.9 Å². The summed E-state index contributed by atoms with van der Waals surface area (Å²) in [5, 5.41) is 11.9. The maximum Gasteiger partial charge on any atom is 0.471 e. The fourth-order valence-electron chi connectivity index (χ4n) is 2.68. The van der Waals surface area contributed by atoms with Gasteiger partial charge in [0.25, 0.3) is 0 Å². The van der Waals surface area contributed by atoms with Crippen LogP contribution in [0.25, 0.3) is 0 Å². The van der Waals surface area contributed by atoms with Gasteiger partial charge in [-0.15, -0.1) is 11.8 Å². The number of alkyl halides is 3. The highest BCUT2D eigenvalue weighted by molar-refractivity contribution is 7.99. The van der Waals surface area contributed by atoms with Crippen LogP contribution in [0.3, 0.4) is 0 Å². The first kappa shape index (κ1) is 26.5. The fourth-order valence-corrected chi connectivity index (χ4v) is 4.78. The van der Waals surface area contributed by atoms with Crippen molar-refractivity contribution in [3.8, 4) is 0 Å². The van der Waals surface area contributed by atoms with Gasteiger partial charge in [-0.1, -0.05) is 0 Å². The van der Waals surface area contributed by atoms with Gasteiger partial charge in [0.1, 0.15) is 29.9 Å². The molecule has 166 valence electrons. The Balaban J connectivity index is 3.27. The summed E-state index contributed by atoms with van der Waals surface area (Å²) in [4.78, 5) is 11.5. The van der Waals surface area contributed by atoms with Gasteiger partial charge in [0.2, 0.25) is 0 Å². The molecule has 0 spiro atoms. The maximum absolute atomic E-state index is 12.8. The first-order chi connectivity index (χ1) is 13.1. The van der Waals surface area contributed by atoms with E-state index in [1.165, 1.54) is 18.7 Å². The highest BCUT2D eigenvalue weighted by atomic mass is 32.2. The first-order valence-electron chi connectivity index (χ1n) is 7.94. The first-order valence-corrected chi connectivity index (χ1v) is 12.7. The Kier molecular flexibility index (Phi) is 11.7. The zero-order valence-electron chi connectivity index (χ0n) is 15.8. The molecule has 14 heteroatoms. The normalized spacial score (nSPS) is 30.7. The van der Waals surface area contributed by atoms with Gasteiger partial charge in [0.15, 0.2) is 0 Å². The predicted molar refractivity (Wildman–Crippen MR) is 107 cm³/mol. The summed E-state index contributed by atoms with van der Waals surface area (Å²) in [6, 6.07) is -1.39. The van der Waals surface area contributed by atoms with E-state index >= 15 is 0 Å². The lowest BCUT2D eigenvalue weighted by Crippen LogP contribution is -2.66. The number of hydrogen-bond donors (Lipinski definition) is 2. The summed E-state index contributed by atoms with van der Waals surface area (Å²) in [5.41, 5.74) is -0.625. The molecule has 1 rings (SSSR count). The van der Waals surface area contributed by atoms with E-state index in [4.69, 9.17) is 17.3 Å². The summed E-state index contributed by atoms with van der Waals surface area (Å²) in [6.07, 6.45) is -3.04. The molecule has 1 aliphatic heterocycles. The Hall–Kier alpha value is 0.460. The van der Waals surface area contributed by atoms with Crippen LogP contribution < -0.4 is 5.32 Å². The fraction of sp³-hybridized carbons (Fsp3) is 0.929. The Bertz CT molecular complexity index is 490. The number of aliphatic hydroxyl groups is 1. The van der Waals surface area contributed by atoms with E-state index in [1.54, 1.807) is 25.0 Å². The quantitative estimate of drug-likeness (QED) is 0.448. The average molecular weight is 488 g/mol. The average Bonchev–Trinajstić information content (AvgIpc) is 2.61. The van der Waals surface area contributed by atoms with E-state index in [2.05, 4.69) is 0 Å². The van der Waals surface area contributed by atoms with E-state index in [-0.39, 0.29) is 0 Å². The SMILES string of the molecule is CSOC1C(SC)OC([C@H](NC(=O)C(F)(F)F)[C@@H](C)O)C(OSC)C1OSC. The van der Waals surface area contributed by atoms with Gasteiger partial charge in [0.05, 0.1) is 12.1 Å². The van der Waals surface area contributed by atoms with Crippen LogP contribution in [0.5, 0.6) is 0 Å². The molecule has 2 N–H and O–H groups in total. The molecular weight excluding hydrogens is 463 g/mol. The van der Waals surface area contributed by atoms with E-state index in [0.29, 0.717) is 0 Å². The third-order valence-electron chi connectivity index (χ3n) is 3.81. The van der Waals surface area contributed by atoms with E-state index in [9.17, 15) is 23.1 Å². The summed E-state index contributed by atoms with van der Waals surface area (Å²) < 4.78 is 61.2. The molecule has 1 amide bonds. The van der Waals surface area contributed by atoms with Crippen LogP contribution in [0.15, 0.2) is 0 Å². The molecule has 0 aromatic rings.